The van der Waals surface area contributed by atoms with Crippen LogP contribution in [0.15, 0.2) is 66.1 Å². The molecule has 0 radical (unpaired) electrons. The molecule has 7 heteroatoms. The van der Waals surface area contributed by atoms with Crippen molar-refractivity contribution in [2.75, 3.05) is 6.26 Å². The second-order valence-corrected chi connectivity index (χ2v) is 9.59. The molecule has 0 bridgehead atoms. The van der Waals surface area contributed by atoms with Gasteiger partial charge in [-0.3, -0.25) is 4.79 Å². The molecular formula is C23H24N2O4S. The smallest absolute Gasteiger partial charge is 0.272 e. The van der Waals surface area contributed by atoms with Crippen LogP contribution in [0.4, 0.5) is 0 Å². The van der Waals surface area contributed by atoms with E-state index in [0.29, 0.717) is 17.2 Å². The Bertz CT molecular complexity index is 1210. The van der Waals surface area contributed by atoms with Gasteiger partial charge in [0.15, 0.2) is 21.3 Å². The zero-order valence-corrected chi connectivity index (χ0v) is 17.7. The minimum atomic E-state index is -3.26. The Morgan fingerprint density at radius 3 is 2.47 bits per heavy atom. The molecule has 1 aromatic heterocycles. The first kappa shape index (κ1) is 20.2. The number of fused-ring (bicyclic) bond motifs is 1. The standard InChI is InChI=1S/C23H24N2O4S/c1-25-20-11-7-6-10-18(20)22(29-17-8-4-3-5-9-17)21(25)23(26)24-19(16-12-13-16)14-15-30(2,27)28/h3-11,14-16,19H,12-13H2,1-2H3,(H,24,26)/b15-14+/t19-/m1/s1. The van der Waals surface area contributed by atoms with E-state index in [1.807, 2.05) is 66.2 Å². The number of amides is 1. The number of nitrogens with one attached hydrogen (secondary N) is 1. The average molecular weight is 425 g/mol. The van der Waals surface area contributed by atoms with Crippen molar-refractivity contribution in [2.45, 2.75) is 18.9 Å². The fraction of sp³-hybridized carbons (Fsp3) is 0.261. The highest BCUT2D eigenvalue weighted by atomic mass is 32.2. The molecule has 1 N–H and O–H groups in total. The number of nitrogens with zero attached hydrogens (tertiary/aromatic N) is 1. The van der Waals surface area contributed by atoms with Crippen LogP contribution in [0.5, 0.6) is 11.5 Å². The molecule has 1 fully saturated rings. The van der Waals surface area contributed by atoms with Gasteiger partial charge in [-0.1, -0.05) is 36.4 Å². The van der Waals surface area contributed by atoms with Crippen LogP contribution in [0.3, 0.4) is 0 Å². The summed E-state index contributed by atoms with van der Waals surface area (Å²) >= 11 is 0. The monoisotopic (exact) mass is 424 g/mol. The van der Waals surface area contributed by atoms with Crippen molar-refractivity contribution in [2.24, 2.45) is 13.0 Å². The summed E-state index contributed by atoms with van der Waals surface area (Å²) in [5.74, 6) is 1.08. The van der Waals surface area contributed by atoms with Crippen molar-refractivity contribution in [3.8, 4) is 11.5 Å². The van der Waals surface area contributed by atoms with Gasteiger partial charge in [0.1, 0.15) is 5.75 Å². The van der Waals surface area contributed by atoms with Crippen LogP contribution >= 0.6 is 0 Å². The van der Waals surface area contributed by atoms with Crippen molar-refractivity contribution in [3.63, 3.8) is 0 Å². The van der Waals surface area contributed by atoms with Crippen molar-refractivity contribution in [3.05, 3.63) is 71.8 Å². The van der Waals surface area contributed by atoms with E-state index in [0.717, 1.165) is 30.0 Å². The lowest BCUT2D eigenvalue weighted by Crippen LogP contribution is -2.36. The van der Waals surface area contributed by atoms with E-state index in [4.69, 9.17) is 4.74 Å². The lowest BCUT2D eigenvalue weighted by molar-refractivity contribution is 0.0930. The molecule has 1 amide bonds. The van der Waals surface area contributed by atoms with Crippen LogP contribution in [0, 0.1) is 5.92 Å². The number of sulfone groups is 1. The summed E-state index contributed by atoms with van der Waals surface area (Å²) in [4.78, 5) is 13.3. The predicted molar refractivity (Wildman–Crippen MR) is 117 cm³/mol. The first-order chi connectivity index (χ1) is 14.3. The highest BCUT2D eigenvalue weighted by Gasteiger charge is 2.33. The van der Waals surface area contributed by atoms with Gasteiger partial charge in [-0.25, -0.2) is 8.42 Å². The summed E-state index contributed by atoms with van der Waals surface area (Å²) in [7, 11) is -1.44. The average Bonchev–Trinajstić information content (AvgIpc) is 3.52. The third-order valence-electron chi connectivity index (χ3n) is 5.20. The molecule has 30 heavy (non-hydrogen) atoms. The Labute approximate surface area is 176 Å². The Morgan fingerprint density at radius 1 is 1.13 bits per heavy atom. The molecule has 3 aromatic rings. The molecule has 1 aliphatic carbocycles. The highest BCUT2D eigenvalue weighted by Crippen LogP contribution is 2.37. The van der Waals surface area contributed by atoms with E-state index in [9.17, 15) is 13.2 Å². The number of carbonyl (C=O) groups is 1. The molecule has 1 saturated carbocycles. The van der Waals surface area contributed by atoms with Gasteiger partial charge >= 0.3 is 0 Å². The molecule has 1 heterocycles. The minimum absolute atomic E-state index is 0.250. The van der Waals surface area contributed by atoms with Gasteiger partial charge in [0.25, 0.3) is 5.91 Å². The summed E-state index contributed by atoms with van der Waals surface area (Å²) in [6.07, 6.45) is 4.64. The van der Waals surface area contributed by atoms with Gasteiger partial charge in [0.05, 0.1) is 11.6 Å². The second kappa shape index (κ2) is 7.99. The third-order valence-corrected chi connectivity index (χ3v) is 5.85. The molecule has 2 aromatic carbocycles. The van der Waals surface area contributed by atoms with Gasteiger partial charge in [-0.05, 0) is 43.0 Å². The normalized spacial score (nSPS) is 15.4. The third kappa shape index (κ3) is 4.41. The Morgan fingerprint density at radius 2 is 1.80 bits per heavy atom. The van der Waals surface area contributed by atoms with Crippen molar-refractivity contribution >= 4 is 26.6 Å². The van der Waals surface area contributed by atoms with E-state index in [1.165, 1.54) is 5.41 Å². The number of hydrogen-bond donors (Lipinski definition) is 1. The topological polar surface area (TPSA) is 77.4 Å². The van der Waals surface area contributed by atoms with Crippen LogP contribution in [0.25, 0.3) is 10.9 Å². The van der Waals surface area contributed by atoms with Crippen LogP contribution in [-0.4, -0.2) is 31.2 Å². The zero-order valence-electron chi connectivity index (χ0n) is 16.9. The lowest BCUT2D eigenvalue weighted by atomic mass is 10.1. The molecule has 0 saturated heterocycles. The number of hydrogen-bond acceptors (Lipinski definition) is 4. The zero-order chi connectivity index (χ0) is 21.3. The molecule has 156 valence electrons. The van der Waals surface area contributed by atoms with Gasteiger partial charge in [-0.15, -0.1) is 0 Å². The van der Waals surface area contributed by atoms with Gasteiger partial charge in [0, 0.05) is 24.1 Å². The SMILES string of the molecule is Cn1c(C(=O)N[C@H](/C=C/S(C)(=O)=O)C2CC2)c(Oc2ccccc2)c2ccccc21. The number of benzene rings is 2. The molecule has 1 atom stereocenters. The predicted octanol–water partition coefficient (Wildman–Crippen LogP) is 4.04. The van der Waals surface area contributed by atoms with Crippen molar-refractivity contribution in [1.29, 1.82) is 0 Å². The summed E-state index contributed by atoms with van der Waals surface area (Å²) in [6.45, 7) is 0. The molecule has 0 unspecified atom stereocenters. The first-order valence-electron chi connectivity index (χ1n) is 9.83. The van der Waals surface area contributed by atoms with Crippen LogP contribution < -0.4 is 10.1 Å². The van der Waals surface area contributed by atoms with E-state index < -0.39 is 9.84 Å². The molecular weight excluding hydrogens is 400 g/mol. The number of para-hydroxylation sites is 2. The van der Waals surface area contributed by atoms with Gasteiger partial charge < -0.3 is 14.6 Å². The number of aryl methyl sites for hydroxylation is 1. The second-order valence-electron chi connectivity index (χ2n) is 7.66. The molecule has 6 nitrogen and oxygen atoms in total. The fourth-order valence-corrected chi connectivity index (χ4v) is 4.00. The maximum atomic E-state index is 13.3. The van der Waals surface area contributed by atoms with Crippen LogP contribution in [0.2, 0.25) is 0 Å². The number of carbonyl (C=O) groups excluding carboxylic acids is 1. The van der Waals surface area contributed by atoms with E-state index in [2.05, 4.69) is 5.32 Å². The minimum Gasteiger partial charge on any atom is -0.454 e. The Kier molecular flexibility index (Phi) is 5.39. The maximum Gasteiger partial charge on any atom is 0.272 e. The quantitative estimate of drug-likeness (QED) is 0.621. The molecule has 0 aliphatic heterocycles. The Hall–Kier alpha value is -3.06. The van der Waals surface area contributed by atoms with E-state index in [1.54, 1.807) is 6.08 Å². The highest BCUT2D eigenvalue weighted by molar-refractivity contribution is 7.93. The van der Waals surface area contributed by atoms with E-state index in [-0.39, 0.29) is 17.9 Å². The first-order valence-corrected chi connectivity index (χ1v) is 11.8. The fourth-order valence-electron chi connectivity index (χ4n) is 3.55. The summed E-state index contributed by atoms with van der Waals surface area (Å²) < 4.78 is 31.0. The summed E-state index contributed by atoms with van der Waals surface area (Å²) in [6, 6.07) is 16.7. The maximum absolute atomic E-state index is 13.3. The molecule has 4 rings (SSSR count). The van der Waals surface area contributed by atoms with Crippen molar-refractivity contribution < 1.29 is 17.9 Å². The van der Waals surface area contributed by atoms with E-state index >= 15 is 0 Å². The van der Waals surface area contributed by atoms with Crippen LogP contribution in [-0.2, 0) is 16.9 Å². The van der Waals surface area contributed by atoms with Crippen molar-refractivity contribution in [1.82, 2.24) is 9.88 Å². The molecule has 0 spiro atoms. The largest absolute Gasteiger partial charge is 0.454 e. The number of rotatable bonds is 7. The Balaban J connectivity index is 1.72. The lowest BCUT2D eigenvalue weighted by Gasteiger charge is -2.16. The summed E-state index contributed by atoms with van der Waals surface area (Å²) in [5, 5.41) is 5.01. The molecule has 1 aliphatic rings. The summed E-state index contributed by atoms with van der Waals surface area (Å²) in [5.41, 5.74) is 1.28. The van der Waals surface area contributed by atoms with Crippen LogP contribution in [0.1, 0.15) is 23.3 Å². The van der Waals surface area contributed by atoms with Gasteiger partial charge in [-0.2, -0.15) is 0 Å². The van der Waals surface area contributed by atoms with Gasteiger partial charge in [0.2, 0.25) is 0 Å². The number of ether oxygens (including phenoxy) is 1. The number of aromatic nitrogens is 1.